The molecule has 152 valence electrons. The maximum Gasteiger partial charge on any atom is 0.173 e. The number of ether oxygens (including phenoxy) is 2. The molecule has 1 N–H and O–H groups in total. The van der Waals surface area contributed by atoms with E-state index in [-0.39, 0.29) is 11.8 Å². The quantitative estimate of drug-likeness (QED) is 0.683. The van der Waals surface area contributed by atoms with Gasteiger partial charge in [-0.2, -0.15) is 0 Å². The monoisotopic (exact) mass is 402 g/mol. The SMILES string of the molecule is CCCN1C(=S)NC(c2ccc(OCC(C)C)c(OC)c2)C2=C1CCCC2=O. The van der Waals surface area contributed by atoms with Crippen LogP contribution in [0.5, 0.6) is 11.5 Å². The van der Waals surface area contributed by atoms with E-state index in [1.165, 1.54) is 0 Å². The Balaban J connectivity index is 1.98. The van der Waals surface area contributed by atoms with Crippen LogP contribution in [0.25, 0.3) is 0 Å². The molecule has 1 unspecified atom stereocenters. The molecule has 0 spiro atoms. The van der Waals surface area contributed by atoms with Gasteiger partial charge in [0.2, 0.25) is 0 Å². The normalized spacial score (nSPS) is 19.6. The Labute approximate surface area is 173 Å². The summed E-state index contributed by atoms with van der Waals surface area (Å²) in [7, 11) is 1.64. The zero-order chi connectivity index (χ0) is 20.3. The third-order valence-electron chi connectivity index (χ3n) is 5.10. The average molecular weight is 403 g/mol. The number of nitrogens with one attached hydrogen (secondary N) is 1. The van der Waals surface area contributed by atoms with Crippen molar-refractivity contribution in [1.29, 1.82) is 0 Å². The average Bonchev–Trinajstić information content (AvgIpc) is 2.68. The van der Waals surface area contributed by atoms with Gasteiger partial charge in [-0.1, -0.05) is 26.8 Å². The van der Waals surface area contributed by atoms with E-state index in [0.717, 1.165) is 48.4 Å². The predicted molar refractivity (Wildman–Crippen MR) is 115 cm³/mol. The molecule has 0 amide bonds. The van der Waals surface area contributed by atoms with Crippen LogP contribution in [0.3, 0.4) is 0 Å². The highest BCUT2D eigenvalue weighted by atomic mass is 32.1. The van der Waals surface area contributed by atoms with E-state index in [1.807, 2.05) is 18.2 Å². The molecule has 1 aliphatic carbocycles. The smallest absolute Gasteiger partial charge is 0.173 e. The summed E-state index contributed by atoms with van der Waals surface area (Å²) in [5, 5.41) is 4.09. The maximum absolute atomic E-state index is 12.8. The third-order valence-corrected chi connectivity index (χ3v) is 5.43. The lowest BCUT2D eigenvalue weighted by molar-refractivity contribution is -0.116. The molecule has 0 saturated carbocycles. The minimum atomic E-state index is -0.239. The van der Waals surface area contributed by atoms with Crippen LogP contribution in [0.15, 0.2) is 29.5 Å². The largest absolute Gasteiger partial charge is 0.493 e. The topological polar surface area (TPSA) is 50.8 Å². The van der Waals surface area contributed by atoms with Crippen LogP contribution < -0.4 is 14.8 Å². The van der Waals surface area contributed by atoms with Gasteiger partial charge >= 0.3 is 0 Å². The van der Waals surface area contributed by atoms with Gasteiger partial charge in [0.15, 0.2) is 22.4 Å². The molecule has 0 aromatic heterocycles. The molecule has 6 heteroatoms. The van der Waals surface area contributed by atoms with Crippen molar-refractivity contribution in [3.05, 3.63) is 35.0 Å². The van der Waals surface area contributed by atoms with Crippen molar-refractivity contribution in [2.24, 2.45) is 5.92 Å². The number of benzene rings is 1. The van der Waals surface area contributed by atoms with Crippen LogP contribution >= 0.6 is 12.2 Å². The van der Waals surface area contributed by atoms with Gasteiger partial charge in [0.1, 0.15) is 0 Å². The van der Waals surface area contributed by atoms with Crippen molar-refractivity contribution >= 4 is 23.1 Å². The first-order valence-electron chi connectivity index (χ1n) is 10.1. The number of carbonyl (C=O) groups excluding carboxylic acids is 1. The number of nitrogens with zero attached hydrogens (tertiary/aromatic N) is 1. The Kier molecular flexibility index (Phi) is 6.60. The van der Waals surface area contributed by atoms with Crippen LogP contribution in [0.4, 0.5) is 0 Å². The van der Waals surface area contributed by atoms with Crippen LogP contribution in [0.1, 0.15) is 58.1 Å². The lowest BCUT2D eigenvalue weighted by atomic mass is 9.84. The van der Waals surface area contributed by atoms with E-state index >= 15 is 0 Å². The number of carbonyl (C=O) groups is 1. The van der Waals surface area contributed by atoms with E-state index < -0.39 is 0 Å². The molecule has 0 radical (unpaired) electrons. The van der Waals surface area contributed by atoms with Gasteiger partial charge in [-0.25, -0.2) is 0 Å². The van der Waals surface area contributed by atoms with E-state index in [0.29, 0.717) is 29.8 Å². The fraction of sp³-hybridized carbons (Fsp3) is 0.545. The van der Waals surface area contributed by atoms with Crippen molar-refractivity contribution in [3.63, 3.8) is 0 Å². The van der Waals surface area contributed by atoms with Crippen molar-refractivity contribution in [2.75, 3.05) is 20.3 Å². The molecule has 2 aliphatic rings. The number of hydrogen-bond donors (Lipinski definition) is 1. The minimum Gasteiger partial charge on any atom is -0.493 e. The summed E-state index contributed by atoms with van der Waals surface area (Å²) in [6.45, 7) is 7.80. The zero-order valence-corrected chi connectivity index (χ0v) is 18.0. The first kappa shape index (κ1) is 20.6. The summed E-state index contributed by atoms with van der Waals surface area (Å²) >= 11 is 5.65. The van der Waals surface area contributed by atoms with Crippen LogP contribution in [-0.4, -0.2) is 36.1 Å². The first-order valence-corrected chi connectivity index (χ1v) is 10.5. The fourth-order valence-electron chi connectivity index (χ4n) is 3.80. The Bertz CT molecular complexity index is 788. The lowest BCUT2D eigenvalue weighted by Crippen LogP contribution is -2.49. The fourth-order valence-corrected chi connectivity index (χ4v) is 4.12. The molecule has 0 fully saturated rings. The van der Waals surface area contributed by atoms with Gasteiger partial charge in [-0.3, -0.25) is 4.79 Å². The summed E-state index contributed by atoms with van der Waals surface area (Å²) in [5.74, 6) is 2.03. The Morgan fingerprint density at radius 3 is 2.75 bits per heavy atom. The third kappa shape index (κ3) is 4.17. The van der Waals surface area contributed by atoms with E-state index in [9.17, 15) is 4.79 Å². The minimum absolute atomic E-state index is 0.210. The van der Waals surface area contributed by atoms with Crippen LogP contribution in [-0.2, 0) is 4.79 Å². The van der Waals surface area contributed by atoms with E-state index in [4.69, 9.17) is 21.7 Å². The number of methoxy groups -OCH3 is 1. The molecule has 1 aliphatic heterocycles. The second kappa shape index (κ2) is 8.95. The highest BCUT2D eigenvalue weighted by Crippen LogP contribution is 2.39. The van der Waals surface area contributed by atoms with Gasteiger partial charge in [-0.05, 0) is 55.1 Å². The molecule has 1 aromatic carbocycles. The standard InChI is InChI=1S/C22H30N2O3S/c1-5-11-24-16-7-6-8-17(25)20(16)21(23-22(24)28)15-9-10-18(19(12-15)26-4)27-13-14(2)3/h9-10,12,14,21H,5-8,11,13H2,1-4H3,(H,23,28). The highest BCUT2D eigenvalue weighted by molar-refractivity contribution is 7.80. The van der Waals surface area contributed by atoms with Crippen molar-refractivity contribution in [2.45, 2.75) is 52.5 Å². The maximum atomic E-state index is 12.8. The molecular weight excluding hydrogens is 372 g/mol. The van der Waals surface area contributed by atoms with Gasteiger partial charge < -0.3 is 19.7 Å². The van der Waals surface area contributed by atoms with Crippen LogP contribution in [0.2, 0.25) is 0 Å². The number of ketones is 1. The highest BCUT2D eigenvalue weighted by Gasteiger charge is 2.37. The van der Waals surface area contributed by atoms with Gasteiger partial charge in [0.05, 0.1) is 19.8 Å². The van der Waals surface area contributed by atoms with Crippen molar-refractivity contribution in [1.82, 2.24) is 10.2 Å². The molecule has 5 nitrogen and oxygen atoms in total. The molecule has 28 heavy (non-hydrogen) atoms. The summed E-state index contributed by atoms with van der Waals surface area (Å²) < 4.78 is 11.4. The first-order chi connectivity index (χ1) is 13.5. The van der Waals surface area contributed by atoms with Crippen LogP contribution in [0, 0.1) is 5.92 Å². The number of thiocarbonyl (C=S) groups is 1. The Morgan fingerprint density at radius 2 is 2.07 bits per heavy atom. The van der Waals surface area contributed by atoms with Gasteiger partial charge in [-0.15, -0.1) is 0 Å². The summed E-state index contributed by atoms with van der Waals surface area (Å²) in [6, 6.07) is 5.64. The Hall–Kier alpha value is -2.08. The molecule has 1 heterocycles. The number of Topliss-reactive ketones (excluding diaryl/α,β-unsaturated/α-hetero) is 1. The molecular formula is C22H30N2O3S. The lowest BCUT2D eigenvalue weighted by Gasteiger charge is -2.41. The molecule has 3 rings (SSSR count). The molecule has 1 aromatic rings. The second-order valence-corrected chi connectivity index (χ2v) is 8.17. The Morgan fingerprint density at radius 1 is 1.29 bits per heavy atom. The number of allylic oxidation sites excluding steroid dienone is 1. The van der Waals surface area contributed by atoms with E-state index in [2.05, 4.69) is 31.0 Å². The summed E-state index contributed by atoms with van der Waals surface area (Å²) in [5.41, 5.74) is 2.91. The van der Waals surface area contributed by atoms with Crippen molar-refractivity contribution in [3.8, 4) is 11.5 Å². The second-order valence-electron chi connectivity index (χ2n) is 7.79. The molecule has 0 bridgehead atoms. The molecule has 1 atom stereocenters. The summed E-state index contributed by atoms with van der Waals surface area (Å²) in [6.07, 6.45) is 3.36. The van der Waals surface area contributed by atoms with E-state index in [1.54, 1.807) is 7.11 Å². The molecule has 0 saturated heterocycles. The summed E-state index contributed by atoms with van der Waals surface area (Å²) in [4.78, 5) is 15.0. The van der Waals surface area contributed by atoms with Gasteiger partial charge in [0, 0.05) is 24.2 Å². The number of hydrogen-bond acceptors (Lipinski definition) is 4. The van der Waals surface area contributed by atoms with Gasteiger partial charge in [0.25, 0.3) is 0 Å². The predicted octanol–water partition coefficient (Wildman–Crippen LogP) is 4.38. The zero-order valence-electron chi connectivity index (χ0n) is 17.2. The van der Waals surface area contributed by atoms with Crippen molar-refractivity contribution < 1.29 is 14.3 Å². The number of rotatable bonds is 7.